The molecule has 8 heteroatoms. The molecule has 2 heterocycles. The number of amides is 2. The smallest absolute Gasteiger partial charge is 0.260 e. The van der Waals surface area contributed by atoms with E-state index in [1.165, 1.54) is 0 Å². The van der Waals surface area contributed by atoms with Gasteiger partial charge >= 0.3 is 0 Å². The van der Waals surface area contributed by atoms with Crippen molar-refractivity contribution in [2.45, 2.75) is 32.7 Å². The summed E-state index contributed by atoms with van der Waals surface area (Å²) in [7, 11) is 0. The molecule has 0 spiro atoms. The van der Waals surface area contributed by atoms with Crippen LogP contribution in [0.15, 0.2) is 36.4 Å². The highest BCUT2D eigenvalue weighted by molar-refractivity contribution is 5.94. The summed E-state index contributed by atoms with van der Waals surface area (Å²) < 4.78 is 22.1. The van der Waals surface area contributed by atoms with Crippen molar-refractivity contribution in [2.75, 3.05) is 33.1 Å². The lowest BCUT2D eigenvalue weighted by Crippen LogP contribution is -2.38. The van der Waals surface area contributed by atoms with Crippen LogP contribution in [0.1, 0.15) is 42.1 Å². The van der Waals surface area contributed by atoms with Crippen molar-refractivity contribution in [3.63, 3.8) is 0 Å². The Morgan fingerprint density at radius 1 is 0.969 bits per heavy atom. The Morgan fingerprint density at radius 2 is 1.78 bits per heavy atom. The first-order chi connectivity index (χ1) is 15.6. The van der Waals surface area contributed by atoms with Gasteiger partial charge in [-0.1, -0.05) is 6.07 Å². The highest BCUT2D eigenvalue weighted by Gasteiger charge is 2.19. The van der Waals surface area contributed by atoms with Gasteiger partial charge in [0, 0.05) is 25.2 Å². The molecule has 2 aliphatic heterocycles. The van der Waals surface area contributed by atoms with E-state index in [1.807, 2.05) is 30.0 Å². The molecule has 1 fully saturated rings. The van der Waals surface area contributed by atoms with Crippen molar-refractivity contribution in [1.29, 1.82) is 0 Å². The van der Waals surface area contributed by atoms with E-state index in [1.54, 1.807) is 18.2 Å². The molecule has 0 unspecified atom stereocenters. The zero-order chi connectivity index (χ0) is 22.3. The van der Waals surface area contributed by atoms with Gasteiger partial charge in [-0.3, -0.25) is 9.59 Å². The lowest BCUT2D eigenvalue weighted by Gasteiger charge is -2.26. The molecule has 0 aromatic heterocycles. The number of hydrogen-bond acceptors (Lipinski definition) is 6. The van der Waals surface area contributed by atoms with Crippen LogP contribution in [0.25, 0.3) is 0 Å². The molecule has 32 heavy (non-hydrogen) atoms. The molecule has 4 rings (SSSR count). The summed E-state index contributed by atoms with van der Waals surface area (Å²) in [5, 5.41) is 2.90. The lowest BCUT2D eigenvalue weighted by atomic mass is 10.1. The Kier molecular flexibility index (Phi) is 6.99. The average Bonchev–Trinajstić information content (AvgIpc) is 3.30. The highest BCUT2D eigenvalue weighted by Crippen LogP contribution is 2.32. The monoisotopic (exact) mass is 440 g/mol. The predicted octanol–water partition coefficient (Wildman–Crippen LogP) is 3.14. The van der Waals surface area contributed by atoms with Crippen LogP contribution in [0, 0.1) is 0 Å². The Balaban J connectivity index is 1.36. The number of carbonyl (C=O) groups is 2. The van der Waals surface area contributed by atoms with E-state index >= 15 is 0 Å². The molecule has 2 aromatic carbocycles. The van der Waals surface area contributed by atoms with Crippen LogP contribution < -0.4 is 24.3 Å². The molecule has 0 bridgehead atoms. The van der Waals surface area contributed by atoms with Crippen molar-refractivity contribution in [2.24, 2.45) is 0 Å². The predicted molar refractivity (Wildman–Crippen MR) is 117 cm³/mol. The number of piperidine rings is 1. The Hall–Kier alpha value is -3.42. The number of fused-ring (bicyclic) bond motifs is 1. The Morgan fingerprint density at radius 3 is 2.59 bits per heavy atom. The summed E-state index contributed by atoms with van der Waals surface area (Å²) >= 11 is 0. The molecule has 0 saturated carbocycles. The second-order valence-electron chi connectivity index (χ2n) is 7.69. The van der Waals surface area contributed by atoms with E-state index in [4.69, 9.17) is 18.9 Å². The maximum atomic E-state index is 12.7. The Bertz CT molecular complexity index is 971. The van der Waals surface area contributed by atoms with Gasteiger partial charge in [0.2, 0.25) is 6.79 Å². The standard InChI is InChI=1S/C24H28N2O6/c1-2-29-22-13-18(7-9-19(22)30-15-23(27)26-10-4-3-5-11-26)24(28)25-14-17-6-8-20-21(12-17)32-16-31-20/h6-9,12-13H,2-5,10-11,14-16H2,1H3,(H,25,28). The normalized spacial score (nSPS) is 14.7. The van der Waals surface area contributed by atoms with Crippen molar-refractivity contribution in [3.8, 4) is 23.0 Å². The van der Waals surface area contributed by atoms with Gasteiger partial charge in [0.1, 0.15) is 0 Å². The summed E-state index contributed by atoms with van der Waals surface area (Å²) in [6, 6.07) is 10.5. The maximum Gasteiger partial charge on any atom is 0.260 e. The summed E-state index contributed by atoms with van der Waals surface area (Å²) in [5.74, 6) is 2.00. The Labute approximate surface area is 187 Å². The molecule has 0 radical (unpaired) electrons. The van der Waals surface area contributed by atoms with Crippen molar-refractivity contribution in [3.05, 3.63) is 47.5 Å². The van der Waals surface area contributed by atoms with E-state index < -0.39 is 0 Å². The molecular formula is C24H28N2O6. The topological polar surface area (TPSA) is 86.3 Å². The molecule has 2 amide bonds. The van der Waals surface area contributed by atoms with Crippen LogP contribution in [0.3, 0.4) is 0 Å². The maximum absolute atomic E-state index is 12.7. The molecule has 0 atom stereocenters. The van der Waals surface area contributed by atoms with E-state index in [9.17, 15) is 9.59 Å². The number of carbonyl (C=O) groups excluding carboxylic acids is 2. The van der Waals surface area contributed by atoms with E-state index in [0.29, 0.717) is 41.7 Å². The summed E-state index contributed by atoms with van der Waals surface area (Å²) in [4.78, 5) is 26.9. The number of benzene rings is 2. The molecular weight excluding hydrogens is 412 g/mol. The number of likely N-dealkylation sites (tertiary alicyclic amines) is 1. The van der Waals surface area contributed by atoms with Gasteiger partial charge in [-0.05, 0) is 62.1 Å². The van der Waals surface area contributed by atoms with Crippen LogP contribution in [0.5, 0.6) is 23.0 Å². The lowest BCUT2D eigenvalue weighted by molar-refractivity contribution is -0.134. The molecule has 1 saturated heterocycles. The molecule has 1 N–H and O–H groups in total. The SMILES string of the molecule is CCOc1cc(C(=O)NCc2ccc3c(c2)OCO3)ccc1OCC(=O)N1CCCCC1. The van der Waals surface area contributed by atoms with Gasteiger partial charge in [0.25, 0.3) is 11.8 Å². The summed E-state index contributed by atoms with van der Waals surface area (Å²) in [6.45, 7) is 4.35. The first-order valence-corrected chi connectivity index (χ1v) is 11.0. The van der Waals surface area contributed by atoms with Crippen molar-refractivity contribution < 1.29 is 28.5 Å². The quantitative estimate of drug-likeness (QED) is 0.679. The minimum Gasteiger partial charge on any atom is -0.490 e. The first kappa shape index (κ1) is 21.8. The molecule has 2 aliphatic rings. The fourth-order valence-corrected chi connectivity index (χ4v) is 3.75. The van der Waals surface area contributed by atoms with Crippen LogP contribution >= 0.6 is 0 Å². The van der Waals surface area contributed by atoms with Crippen LogP contribution in [-0.4, -0.2) is 49.8 Å². The third-order valence-electron chi connectivity index (χ3n) is 5.46. The molecule has 2 aromatic rings. The fraction of sp³-hybridized carbons (Fsp3) is 0.417. The zero-order valence-electron chi connectivity index (χ0n) is 18.2. The van der Waals surface area contributed by atoms with Crippen LogP contribution in [0.2, 0.25) is 0 Å². The van der Waals surface area contributed by atoms with Gasteiger partial charge in [-0.25, -0.2) is 0 Å². The van der Waals surface area contributed by atoms with Gasteiger partial charge in [0.05, 0.1) is 6.61 Å². The average molecular weight is 440 g/mol. The zero-order valence-corrected chi connectivity index (χ0v) is 18.2. The van der Waals surface area contributed by atoms with Crippen LogP contribution in [-0.2, 0) is 11.3 Å². The summed E-state index contributed by atoms with van der Waals surface area (Å²) in [5.41, 5.74) is 1.35. The van der Waals surface area contributed by atoms with Gasteiger partial charge in [0.15, 0.2) is 29.6 Å². The van der Waals surface area contributed by atoms with Gasteiger partial charge < -0.3 is 29.2 Å². The van der Waals surface area contributed by atoms with Crippen molar-refractivity contribution in [1.82, 2.24) is 10.2 Å². The third-order valence-corrected chi connectivity index (χ3v) is 5.46. The fourth-order valence-electron chi connectivity index (χ4n) is 3.75. The number of nitrogens with zero attached hydrogens (tertiary/aromatic N) is 1. The van der Waals surface area contributed by atoms with Gasteiger partial charge in [-0.2, -0.15) is 0 Å². The number of hydrogen-bond donors (Lipinski definition) is 1. The first-order valence-electron chi connectivity index (χ1n) is 11.0. The van der Waals surface area contributed by atoms with E-state index in [0.717, 1.165) is 37.9 Å². The minimum absolute atomic E-state index is 0.0299. The molecule has 0 aliphatic carbocycles. The third kappa shape index (κ3) is 5.25. The van der Waals surface area contributed by atoms with Crippen LogP contribution in [0.4, 0.5) is 0 Å². The molecule has 8 nitrogen and oxygen atoms in total. The summed E-state index contributed by atoms with van der Waals surface area (Å²) in [6.07, 6.45) is 3.23. The van der Waals surface area contributed by atoms with Gasteiger partial charge in [-0.15, -0.1) is 0 Å². The number of rotatable bonds is 8. The minimum atomic E-state index is -0.237. The second kappa shape index (κ2) is 10.3. The molecule has 170 valence electrons. The largest absolute Gasteiger partial charge is 0.490 e. The van der Waals surface area contributed by atoms with E-state index in [-0.39, 0.29) is 25.2 Å². The highest BCUT2D eigenvalue weighted by atomic mass is 16.7. The van der Waals surface area contributed by atoms with Crippen molar-refractivity contribution >= 4 is 11.8 Å². The van der Waals surface area contributed by atoms with E-state index in [2.05, 4.69) is 5.32 Å². The second-order valence-corrected chi connectivity index (χ2v) is 7.69. The number of ether oxygens (including phenoxy) is 4. The number of nitrogens with one attached hydrogen (secondary N) is 1.